The van der Waals surface area contributed by atoms with E-state index in [1.165, 1.54) is 0 Å². The van der Waals surface area contributed by atoms with E-state index >= 15 is 0 Å². The molecule has 1 saturated heterocycles. The number of carbonyl (C=O) groups is 2. The first-order chi connectivity index (χ1) is 13.0. The third kappa shape index (κ3) is 4.00. The molecule has 1 aliphatic rings. The van der Waals surface area contributed by atoms with Crippen molar-refractivity contribution in [2.75, 3.05) is 18.6 Å². The van der Waals surface area contributed by atoms with Crippen LogP contribution in [-0.4, -0.2) is 35.6 Å². The van der Waals surface area contributed by atoms with Gasteiger partial charge in [0.15, 0.2) is 0 Å². The second kappa shape index (κ2) is 8.03. The molecule has 0 spiro atoms. The highest BCUT2D eigenvalue weighted by Gasteiger charge is 2.52. The zero-order valence-corrected chi connectivity index (χ0v) is 15.5. The summed E-state index contributed by atoms with van der Waals surface area (Å²) in [6.45, 7) is 4.35. The van der Waals surface area contributed by atoms with E-state index < -0.39 is 11.4 Å². The first-order valence-corrected chi connectivity index (χ1v) is 8.94. The number of hydrazone groups is 1. The lowest BCUT2D eigenvalue weighted by Gasteiger charge is -2.22. The molecule has 2 aromatic carbocycles. The van der Waals surface area contributed by atoms with Crippen molar-refractivity contribution >= 4 is 23.3 Å². The van der Waals surface area contributed by atoms with Gasteiger partial charge >= 0.3 is 5.97 Å². The van der Waals surface area contributed by atoms with Crippen LogP contribution in [0.4, 0.5) is 5.69 Å². The van der Waals surface area contributed by atoms with Crippen LogP contribution in [0.25, 0.3) is 0 Å². The van der Waals surface area contributed by atoms with Gasteiger partial charge in [0.25, 0.3) is 5.91 Å². The molecule has 6 heteroatoms. The lowest BCUT2D eigenvalue weighted by atomic mass is 9.88. The van der Waals surface area contributed by atoms with Crippen molar-refractivity contribution in [3.05, 3.63) is 66.2 Å². The maximum Gasteiger partial charge on any atom is 0.320 e. The average molecular weight is 365 g/mol. The number of hydrogen-bond donors (Lipinski definition) is 1. The number of para-hydroxylation sites is 1. The Labute approximate surface area is 158 Å². The average Bonchev–Trinajstić information content (AvgIpc) is 2.93. The Kier molecular flexibility index (Phi) is 5.54. The molecule has 1 heterocycles. The number of ether oxygens (including phenoxy) is 1. The van der Waals surface area contributed by atoms with Crippen molar-refractivity contribution in [1.82, 2.24) is 4.90 Å². The van der Waals surface area contributed by atoms with Gasteiger partial charge < -0.3 is 9.64 Å². The van der Waals surface area contributed by atoms with E-state index in [2.05, 4.69) is 10.5 Å². The minimum Gasteiger partial charge on any atom is -0.465 e. The molecule has 140 valence electrons. The SMILES string of the molecule is CCOC(=O)[C@]1(C)CN(Cc2ccccc2)C(=O)/C1=N/Nc1ccccc1. The first-order valence-electron chi connectivity index (χ1n) is 8.94. The molecule has 0 saturated carbocycles. The quantitative estimate of drug-likeness (QED) is 0.631. The van der Waals surface area contributed by atoms with Crippen LogP contribution in [0.2, 0.25) is 0 Å². The molecule has 1 fully saturated rings. The molecule has 0 bridgehead atoms. The van der Waals surface area contributed by atoms with Crippen LogP contribution in [0, 0.1) is 5.41 Å². The normalized spacial score (nSPS) is 20.7. The number of amides is 1. The van der Waals surface area contributed by atoms with Gasteiger partial charge in [-0.2, -0.15) is 5.10 Å². The molecular weight excluding hydrogens is 342 g/mol. The molecular formula is C21H23N3O3. The minimum atomic E-state index is -1.12. The summed E-state index contributed by atoms with van der Waals surface area (Å²) in [7, 11) is 0. The predicted molar refractivity (Wildman–Crippen MR) is 104 cm³/mol. The van der Waals surface area contributed by atoms with Crippen LogP contribution in [-0.2, 0) is 20.9 Å². The number of nitrogens with zero attached hydrogens (tertiary/aromatic N) is 2. The van der Waals surface area contributed by atoms with Crippen LogP contribution in [0.1, 0.15) is 19.4 Å². The second-order valence-corrected chi connectivity index (χ2v) is 6.64. The molecule has 0 aromatic heterocycles. The van der Waals surface area contributed by atoms with Gasteiger partial charge in [-0.05, 0) is 31.5 Å². The Hall–Kier alpha value is -3.15. The standard InChI is InChI=1S/C21H23N3O3/c1-3-27-20(26)21(2)15-24(14-16-10-6-4-7-11-16)19(25)18(21)23-22-17-12-8-5-9-13-17/h4-13,22H,3,14-15H2,1-2H3/b23-18-/t21-/m1/s1. The Morgan fingerprint density at radius 1 is 1.15 bits per heavy atom. The van der Waals surface area contributed by atoms with Crippen molar-refractivity contribution in [1.29, 1.82) is 0 Å². The van der Waals surface area contributed by atoms with Crippen molar-refractivity contribution in [3.8, 4) is 0 Å². The van der Waals surface area contributed by atoms with Crippen molar-refractivity contribution in [3.63, 3.8) is 0 Å². The summed E-state index contributed by atoms with van der Waals surface area (Å²) in [5, 5.41) is 4.30. The molecule has 0 aliphatic carbocycles. The largest absolute Gasteiger partial charge is 0.465 e. The fraction of sp³-hybridized carbons (Fsp3) is 0.286. The Bertz CT molecular complexity index is 836. The topological polar surface area (TPSA) is 71.0 Å². The van der Waals surface area contributed by atoms with Crippen molar-refractivity contribution < 1.29 is 14.3 Å². The van der Waals surface area contributed by atoms with E-state index in [-0.39, 0.29) is 24.8 Å². The number of nitrogens with one attached hydrogen (secondary N) is 1. The monoisotopic (exact) mass is 365 g/mol. The molecule has 1 aliphatic heterocycles. The third-order valence-corrected chi connectivity index (χ3v) is 4.53. The van der Waals surface area contributed by atoms with Gasteiger partial charge in [0.1, 0.15) is 11.1 Å². The third-order valence-electron chi connectivity index (χ3n) is 4.53. The number of esters is 1. The number of hydrogen-bond acceptors (Lipinski definition) is 5. The summed E-state index contributed by atoms with van der Waals surface area (Å²) in [6, 6.07) is 19.0. The van der Waals surface area contributed by atoms with Crippen LogP contribution in [0.3, 0.4) is 0 Å². The van der Waals surface area contributed by atoms with E-state index in [0.29, 0.717) is 6.54 Å². The van der Waals surface area contributed by atoms with E-state index in [9.17, 15) is 9.59 Å². The highest BCUT2D eigenvalue weighted by Crippen LogP contribution is 2.31. The second-order valence-electron chi connectivity index (χ2n) is 6.64. The van der Waals surface area contributed by atoms with E-state index in [0.717, 1.165) is 11.3 Å². The summed E-state index contributed by atoms with van der Waals surface area (Å²) in [4.78, 5) is 27.3. The summed E-state index contributed by atoms with van der Waals surface area (Å²) in [5.74, 6) is -0.708. The Morgan fingerprint density at radius 2 is 1.78 bits per heavy atom. The zero-order valence-electron chi connectivity index (χ0n) is 15.5. The van der Waals surface area contributed by atoms with Gasteiger partial charge in [-0.1, -0.05) is 48.5 Å². The molecule has 1 amide bonds. The van der Waals surface area contributed by atoms with Crippen LogP contribution < -0.4 is 5.43 Å². The lowest BCUT2D eigenvalue weighted by molar-refractivity contribution is -0.150. The van der Waals surface area contributed by atoms with Crippen LogP contribution >= 0.6 is 0 Å². The lowest BCUT2D eigenvalue weighted by Crippen LogP contribution is -2.38. The summed E-state index contributed by atoms with van der Waals surface area (Å²) < 4.78 is 5.23. The van der Waals surface area contributed by atoms with Gasteiger partial charge in [-0.3, -0.25) is 15.0 Å². The number of carbonyl (C=O) groups excluding carboxylic acids is 2. The minimum absolute atomic E-state index is 0.167. The van der Waals surface area contributed by atoms with Gasteiger partial charge in [-0.15, -0.1) is 0 Å². The van der Waals surface area contributed by atoms with Gasteiger partial charge in [0, 0.05) is 13.1 Å². The van der Waals surface area contributed by atoms with E-state index in [4.69, 9.17) is 4.74 Å². The fourth-order valence-electron chi connectivity index (χ4n) is 3.10. The maximum absolute atomic E-state index is 13.0. The van der Waals surface area contributed by atoms with Gasteiger partial charge in [-0.25, -0.2) is 0 Å². The molecule has 6 nitrogen and oxygen atoms in total. The molecule has 27 heavy (non-hydrogen) atoms. The smallest absolute Gasteiger partial charge is 0.320 e. The van der Waals surface area contributed by atoms with Gasteiger partial charge in [0.2, 0.25) is 0 Å². The van der Waals surface area contributed by atoms with E-state index in [1.54, 1.807) is 18.7 Å². The van der Waals surface area contributed by atoms with Crippen molar-refractivity contribution in [2.45, 2.75) is 20.4 Å². The highest BCUT2D eigenvalue weighted by molar-refractivity contribution is 6.46. The molecule has 2 aromatic rings. The summed E-state index contributed by atoms with van der Waals surface area (Å²) in [6.07, 6.45) is 0. The van der Waals surface area contributed by atoms with Crippen molar-refractivity contribution in [2.24, 2.45) is 10.5 Å². The Balaban J connectivity index is 1.89. The summed E-state index contributed by atoms with van der Waals surface area (Å²) in [5.41, 5.74) is 3.67. The fourth-order valence-corrected chi connectivity index (χ4v) is 3.10. The molecule has 1 N–H and O–H groups in total. The molecule has 1 atom stereocenters. The molecule has 3 rings (SSSR count). The number of anilines is 1. The maximum atomic E-state index is 13.0. The highest BCUT2D eigenvalue weighted by atomic mass is 16.5. The van der Waals surface area contributed by atoms with Crippen LogP contribution in [0.5, 0.6) is 0 Å². The zero-order chi connectivity index (χ0) is 19.3. The van der Waals surface area contributed by atoms with E-state index in [1.807, 2.05) is 60.7 Å². The number of benzene rings is 2. The molecule has 0 unspecified atom stereocenters. The number of rotatable bonds is 6. The summed E-state index contributed by atoms with van der Waals surface area (Å²) >= 11 is 0. The van der Waals surface area contributed by atoms with Crippen LogP contribution in [0.15, 0.2) is 65.8 Å². The predicted octanol–water partition coefficient (Wildman–Crippen LogP) is 3.07. The molecule has 0 radical (unpaired) electrons. The first kappa shape index (κ1) is 18.6. The van der Waals surface area contributed by atoms with Gasteiger partial charge in [0.05, 0.1) is 12.3 Å². The number of likely N-dealkylation sites (tertiary alicyclic amines) is 1. The Morgan fingerprint density at radius 3 is 2.41 bits per heavy atom.